The zero-order valence-electron chi connectivity index (χ0n) is 14.1. The van der Waals surface area contributed by atoms with Crippen LogP contribution >= 0.6 is 0 Å². The van der Waals surface area contributed by atoms with E-state index in [0.29, 0.717) is 6.61 Å². The van der Waals surface area contributed by atoms with Crippen LogP contribution in [0.2, 0.25) is 0 Å². The summed E-state index contributed by atoms with van der Waals surface area (Å²) in [6.45, 7) is 6.79. The summed E-state index contributed by atoms with van der Waals surface area (Å²) in [6.07, 6.45) is 7.84. The molecule has 2 aliphatic heterocycles. The van der Waals surface area contributed by atoms with E-state index in [1.165, 1.54) is 0 Å². The quantitative estimate of drug-likeness (QED) is 0.801. The lowest BCUT2D eigenvalue weighted by Crippen LogP contribution is -2.44. The second kappa shape index (κ2) is 7.45. The van der Waals surface area contributed by atoms with Crippen LogP contribution in [0.4, 0.5) is 0 Å². The van der Waals surface area contributed by atoms with Gasteiger partial charge in [-0.05, 0) is 45.1 Å². The van der Waals surface area contributed by atoms with E-state index in [-0.39, 0.29) is 18.1 Å². The number of carbonyl (C=O) groups is 1. The Morgan fingerprint density at radius 1 is 1.48 bits per heavy atom. The Kier molecular flexibility index (Phi) is 5.33. The van der Waals surface area contributed by atoms with Crippen molar-refractivity contribution in [3.63, 3.8) is 0 Å². The molecule has 128 valence electrons. The first-order valence-electron chi connectivity index (χ1n) is 8.66. The third-order valence-electron chi connectivity index (χ3n) is 4.72. The SMILES string of the molecule is Cc1cnn(C[C@@H]2CCCN2C(=O)[C@H](C)OC[C@@H]2CCCO2)c1. The normalized spacial score (nSPS) is 25.9. The fourth-order valence-electron chi connectivity index (χ4n) is 3.43. The highest BCUT2D eigenvalue weighted by molar-refractivity contribution is 5.81. The van der Waals surface area contributed by atoms with Crippen molar-refractivity contribution < 1.29 is 14.3 Å². The number of aromatic nitrogens is 2. The second-order valence-corrected chi connectivity index (χ2v) is 6.68. The van der Waals surface area contributed by atoms with E-state index >= 15 is 0 Å². The number of hydrogen-bond acceptors (Lipinski definition) is 4. The van der Waals surface area contributed by atoms with Crippen molar-refractivity contribution in [2.75, 3.05) is 19.8 Å². The summed E-state index contributed by atoms with van der Waals surface area (Å²) < 4.78 is 13.2. The fraction of sp³-hybridized carbons (Fsp3) is 0.765. The number of nitrogens with zero attached hydrogens (tertiary/aromatic N) is 3. The molecule has 2 fully saturated rings. The summed E-state index contributed by atoms with van der Waals surface area (Å²) in [5.74, 6) is 0.0920. The summed E-state index contributed by atoms with van der Waals surface area (Å²) in [7, 11) is 0. The molecular weight excluding hydrogens is 294 g/mol. The van der Waals surface area contributed by atoms with Gasteiger partial charge in [-0.1, -0.05) is 0 Å². The van der Waals surface area contributed by atoms with E-state index in [1.807, 2.05) is 35.8 Å². The minimum Gasteiger partial charge on any atom is -0.376 e. The Morgan fingerprint density at radius 2 is 2.35 bits per heavy atom. The molecule has 2 saturated heterocycles. The molecule has 3 atom stereocenters. The third kappa shape index (κ3) is 4.12. The molecule has 3 heterocycles. The van der Waals surface area contributed by atoms with Crippen LogP contribution in [0.25, 0.3) is 0 Å². The molecular formula is C17H27N3O3. The Morgan fingerprint density at radius 3 is 3.04 bits per heavy atom. The van der Waals surface area contributed by atoms with Crippen molar-refractivity contribution in [1.82, 2.24) is 14.7 Å². The van der Waals surface area contributed by atoms with E-state index in [2.05, 4.69) is 5.10 Å². The van der Waals surface area contributed by atoms with Gasteiger partial charge in [-0.3, -0.25) is 9.48 Å². The van der Waals surface area contributed by atoms with Gasteiger partial charge >= 0.3 is 0 Å². The highest BCUT2D eigenvalue weighted by atomic mass is 16.5. The van der Waals surface area contributed by atoms with Crippen LogP contribution in [0.1, 0.15) is 38.2 Å². The van der Waals surface area contributed by atoms with Gasteiger partial charge < -0.3 is 14.4 Å². The molecule has 0 unspecified atom stereocenters. The summed E-state index contributed by atoms with van der Waals surface area (Å²) in [4.78, 5) is 14.7. The molecule has 0 spiro atoms. The molecule has 2 aliphatic rings. The van der Waals surface area contributed by atoms with E-state index in [0.717, 1.165) is 50.9 Å². The predicted octanol–water partition coefficient (Wildman–Crippen LogP) is 1.77. The summed E-state index contributed by atoms with van der Waals surface area (Å²) in [5.41, 5.74) is 1.15. The van der Waals surface area contributed by atoms with Gasteiger partial charge in [-0.15, -0.1) is 0 Å². The Hall–Kier alpha value is -1.40. The van der Waals surface area contributed by atoms with Crippen LogP contribution in [-0.4, -0.2) is 58.6 Å². The molecule has 3 rings (SSSR count). The van der Waals surface area contributed by atoms with Crippen molar-refractivity contribution in [2.24, 2.45) is 0 Å². The second-order valence-electron chi connectivity index (χ2n) is 6.68. The number of ether oxygens (including phenoxy) is 2. The lowest BCUT2D eigenvalue weighted by atomic mass is 10.2. The molecule has 0 N–H and O–H groups in total. The monoisotopic (exact) mass is 321 g/mol. The Labute approximate surface area is 137 Å². The number of likely N-dealkylation sites (tertiary alicyclic amines) is 1. The topological polar surface area (TPSA) is 56.6 Å². The average Bonchev–Trinajstić information content (AvgIpc) is 3.27. The van der Waals surface area contributed by atoms with Gasteiger partial charge in [-0.2, -0.15) is 5.10 Å². The maximum absolute atomic E-state index is 12.7. The molecule has 6 nitrogen and oxygen atoms in total. The predicted molar refractivity (Wildman–Crippen MR) is 86.1 cm³/mol. The zero-order chi connectivity index (χ0) is 16.2. The molecule has 0 bridgehead atoms. The number of hydrogen-bond donors (Lipinski definition) is 0. The number of carbonyl (C=O) groups excluding carboxylic acids is 1. The van der Waals surface area contributed by atoms with Gasteiger partial charge in [0.25, 0.3) is 5.91 Å². The Balaban J connectivity index is 1.52. The fourth-order valence-corrected chi connectivity index (χ4v) is 3.43. The highest BCUT2D eigenvalue weighted by Gasteiger charge is 2.32. The molecule has 0 radical (unpaired) electrons. The Bertz CT molecular complexity index is 525. The van der Waals surface area contributed by atoms with Crippen molar-refractivity contribution >= 4 is 5.91 Å². The van der Waals surface area contributed by atoms with E-state index in [1.54, 1.807) is 0 Å². The van der Waals surface area contributed by atoms with Gasteiger partial charge in [-0.25, -0.2) is 0 Å². The molecule has 1 aromatic heterocycles. The van der Waals surface area contributed by atoms with Crippen LogP contribution in [0, 0.1) is 6.92 Å². The van der Waals surface area contributed by atoms with Crippen LogP contribution in [-0.2, 0) is 20.8 Å². The van der Waals surface area contributed by atoms with Crippen LogP contribution in [0.15, 0.2) is 12.4 Å². The molecule has 0 saturated carbocycles. The summed E-state index contributed by atoms with van der Waals surface area (Å²) in [6, 6.07) is 0.218. The van der Waals surface area contributed by atoms with E-state index in [9.17, 15) is 4.79 Å². The molecule has 0 aromatic carbocycles. The van der Waals surface area contributed by atoms with Gasteiger partial charge in [0, 0.05) is 19.3 Å². The zero-order valence-corrected chi connectivity index (χ0v) is 14.1. The minimum atomic E-state index is -0.404. The number of aryl methyl sites for hydroxylation is 1. The summed E-state index contributed by atoms with van der Waals surface area (Å²) >= 11 is 0. The molecule has 23 heavy (non-hydrogen) atoms. The first-order valence-corrected chi connectivity index (χ1v) is 8.66. The van der Waals surface area contributed by atoms with Gasteiger partial charge in [0.05, 0.1) is 31.5 Å². The largest absolute Gasteiger partial charge is 0.376 e. The maximum Gasteiger partial charge on any atom is 0.251 e. The van der Waals surface area contributed by atoms with Crippen molar-refractivity contribution in [2.45, 2.75) is 64.3 Å². The van der Waals surface area contributed by atoms with Crippen molar-refractivity contribution in [3.05, 3.63) is 18.0 Å². The van der Waals surface area contributed by atoms with Crippen molar-refractivity contribution in [3.8, 4) is 0 Å². The maximum atomic E-state index is 12.7. The standard InChI is InChI=1S/C17H27N3O3/c1-13-9-18-19(10-13)11-15-5-3-7-20(15)17(21)14(2)23-12-16-6-4-8-22-16/h9-10,14-16H,3-8,11-12H2,1-2H3/t14-,15-,16-/m0/s1. The minimum absolute atomic E-state index is 0.0920. The van der Waals surface area contributed by atoms with Gasteiger partial charge in [0.1, 0.15) is 6.10 Å². The first-order chi connectivity index (χ1) is 11.1. The molecule has 0 aliphatic carbocycles. The highest BCUT2D eigenvalue weighted by Crippen LogP contribution is 2.21. The third-order valence-corrected chi connectivity index (χ3v) is 4.72. The van der Waals surface area contributed by atoms with Crippen LogP contribution in [0.3, 0.4) is 0 Å². The lowest BCUT2D eigenvalue weighted by Gasteiger charge is -2.28. The lowest BCUT2D eigenvalue weighted by molar-refractivity contribution is -0.145. The molecule has 6 heteroatoms. The van der Waals surface area contributed by atoms with Crippen molar-refractivity contribution in [1.29, 1.82) is 0 Å². The van der Waals surface area contributed by atoms with E-state index in [4.69, 9.17) is 9.47 Å². The molecule has 1 amide bonds. The molecule has 1 aromatic rings. The number of rotatable bonds is 6. The smallest absolute Gasteiger partial charge is 0.251 e. The van der Waals surface area contributed by atoms with Crippen LogP contribution < -0.4 is 0 Å². The summed E-state index contributed by atoms with van der Waals surface area (Å²) in [5, 5.41) is 4.34. The van der Waals surface area contributed by atoms with Gasteiger partial charge in [0.15, 0.2) is 0 Å². The number of amides is 1. The average molecular weight is 321 g/mol. The van der Waals surface area contributed by atoms with Crippen LogP contribution in [0.5, 0.6) is 0 Å². The van der Waals surface area contributed by atoms with Gasteiger partial charge in [0.2, 0.25) is 0 Å². The first kappa shape index (κ1) is 16.5. The van der Waals surface area contributed by atoms with E-state index < -0.39 is 6.10 Å².